The van der Waals surface area contributed by atoms with E-state index in [1.165, 1.54) is 4.88 Å². The number of carbonyl (C=O) groups is 1. The number of hydrogen-bond acceptors (Lipinski definition) is 5. The summed E-state index contributed by atoms with van der Waals surface area (Å²) < 4.78 is 29.5. The van der Waals surface area contributed by atoms with Crippen LogP contribution in [0, 0.1) is 6.92 Å². The van der Waals surface area contributed by atoms with E-state index < -0.39 is 10.0 Å². The molecule has 1 saturated heterocycles. The molecule has 1 N–H and O–H groups in total. The number of benzene rings is 1. The van der Waals surface area contributed by atoms with E-state index in [1.54, 1.807) is 27.8 Å². The molecule has 172 valence electrons. The lowest BCUT2D eigenvalue weighted by Gasteiger charge is -2.15. The highest BCUT2D eigenvalue weighted by Crippen LogP contribution is 2.26. The molecule has 3 heterocycles. The molecule has 0 unspecified atom stereocenters. The summed E-state index contributed by atoms with van der Waals surface area (Å²) in [5, 5.41) is 2.98. The topological polar surface area (TPSA) is 84.3 Å². The number of thiophene rings is 1. The molecule has 0 atom stereocenters. The van der Waals surface area contributed by atoms with E-state index in [0.717, 1.165) is 42.0 Å². The SMILES string of the molecule is CCCn1c(CCC(=O)NCc2ccc(C)s2)nc2cc(S(=O)(=O)N3CCCC3)ccc21. The fourth-order valence-corrected chi connectivity index (χ4v) is 6.51. The van der Waals surface area contributed by atoms with Crippen molar-refractivity contribution in [1.29, 1.82) is 0 Å². The third-order valence-corrected chi connectivity index (χ3v) is 8.68. The number of sulfonamides is 1. The van der Waals surface area contributed by atoms with Gasteiger partial charge in [-0.05, 0) is 56.5 Å². The third kappa shape index (κ3) is 4.89. The Morgan fingerprint density at radius 1 is 1.19 bits per heavy atom. The largest absolute Gasteiger partial charge is 0.351 e. The van der Waals surface area contributed by atoms with Crippen molar-refractivity contribution in [3.63, 3.8) is 0 Å². The number of fused-ring (bicyclic) bond motifs is 1. The fraction of sp³-hybridized carbons (Fsp3) is 0.478. The van der Waals surface area contributed by atoms with E-state index in [9.17, 15) is 13.2 Å². The molecule has 1 amide bonds. The number of imidazole rings is 1. The summed E-state index contributed by atoms with van der Waals surface area (Å²) in [5.74, 6) is 0.808. The number of nitrogens with zero attached hydrogens (tertiary/aromatic N) is 3. The third-order valence-electron chi connectivity index (χ3n) is 5.78. The van der Waals surface area contributed by atoms with E-state index in [1.807, 2.05) is 12.1 Å². The first-order chi connectivity index (χ1) is 15.4. The Hall–Kier alpha value is -2.23. The van der Waals surface area contributed by atoms with Crippen LogP contribution in [0.4, 0.5) is 0 Å². The lowest BCUT2D eigenvalue weighted by atomic mass is 10.2. The molecule has 4 rings (SSSR count). The normalized spacial score (nSPS) is 14.9. The van der Waals surface area contributed by atoms with Crippen LogP contribution >= 0.6 is 11.3 Å². The van der Waals surface area contributed by atoms with E-state index >= 15 is 0 Å². The molecule has 0 radical (unpaired) electrons. The second-order valence-electron chi connectivity index (χ2n) is 8.23. The summed E-state index contributed by atoms with van der Waals surface area (Å²) >= 11 is 1.68. The minimum atomic E-state index is -3.48. The van der Waals surface area contributed by atoms with Crippen LogP contribution in [-0.4, -0.2) is 41.3 Å². The number of amides is 1. The van der Waals surface area contributed by atoms with E-state index in [0.29, 0.717) is 42.9 Å². The molecule has 1 aliphatic heterocycles. The highest BCUT2D eigenvalue weighted by molar-refractivity contribution is 7.89. The van der Waals surface area contributed by atoms with E-state index in [2.05, 4.69) is 29.8 Å². The van der Waals surface area contributed by atoms with Crippen LogP contribution < -0.4 is 5.32 Å². The summed E-state index contributed by atoms with van der Waals surface area (Å²) in [6.45, 7) is 6.63. The van der Waals surface area contributed by atoms with Crippen molar-refractivity contribution in [3.05, 3.63) is 45.9 Å². The van der Waals surface area contributed by atoms with Gasteiger partial charge < -0.3 is 9.88 Å². The van der Waals surface area contributed by atoms with Gasteiger partial charge in [0.15, 0.2) is 0 Å². The highest BCUT2D eigenvalue weighted by Gasteiger charge is 2.27. The summed E-state index contributed by atoms with van der Waals surface area (Å²) in [7, 11) is -3.48. The number of carbonyl (C=O) groups excluding carboxylic acids is 1. The molecule has 7 nitrogen and oxygen atoms in total. The summed E-state index contributed by atoms with van der Waals surface area (Å²) in [5.41, 5.74) is 1.58. The molecule has 2 aromatic heterocycles. The van der Waals surface area contributed by atoms with Crippen LogP contribution in [0.3, 0.4) is 0 Å². The smallest absolute Gasteiger partial charge is 0.243 e. The lowest BCUT2D eigenvalue weighted by Crippen LogP contribution is -2.27. The molecular weight excluding hydrogens is 444 g/mol. The van der Waals surface area contributed by atoms with Crippen molar-refractivity contribution in [1.82, 2.24) is 19.2 Å². The predicted molar refractivity (Wildman–Crippen MR) is 127 cm³/mol. The maximum absolute atomic E-state index is 12.9. The second kappa shape index (κ2) is 9.72. The molecule has 0 bridgehead atoms. The van der Waals surface area contributed by atoms with Crippen molar-refractivity contribution in [2.24, 2.45) is 0 Å². The Kier molecular flexibility index (Phi) is 6.97. The zero-order valence-corrected chi connectivity index (χ0v) is 20.3. The first-order valence-corrected chi connectivity index (χ1v) is 13.5. The van der Waals surface area contributed by atoms with Crippen LogP contribution in [-0.2, 0) is 34.3 Å². The molecule has 0 aliphatic carbocycles. The van der Waals surface area contributed by atoms with Crippen LogP contribution in [0.2, 0.25) is 0 Å². The number of hydrogen-bond donors (Lipinski definition) is 1. The fourth-order valence-electron chi connectivity index (χ4n) is 4.14. The van der Waals surface area contributed by atoms with Crippen molar-refractivity contribution in [2.45, 2.75) is 63.9 Å². The molecular formula is C23H30N4O3S2. The Labute approximate surface area is 193 Å². The van der Waals surface area contributed by atoms with Crippen molar-refractivity contribution in [3.8, 4) is 0 Å². The van der Waals surface area contributed by atoms with Gasteiger partial charge in [0.2, 0.25) is 15.9 Å². The number of rotatable bonds is 9. The molecule has 32 heavy (non-hydrogen) atoms. The molecule has 1 aliphatic rings. The van der Waals surface area contributed by atoms with Gasteiger partial charge in [0.25, 0.3) is 0 Å². The molecule has 0 saturated carbocycles. The maximum Gasteiger partial charge on any atom is 0.243 e. The van der Waals surface area contributed by atoms with E-state index in [-0.39, 0.29) is 5.91 Å². The van der Waals surface area contributed by atoms with Gasteiger partial charge in [-0.2, -0.15) is 4.31 Å². The zero-order chi connectivity index (χ0) is 22.7. The molecule has 0 spiro atoms. The number of aryl methyl sites for hydroxylation is 3. The maximum atomic E-state index is 12.9. The Morgan fingerprint density at radius 3 is 2.66 bits per heavy atom. The van der Waals surface area contributed by atoms with Crippen molar-refractivity contribution in [2.75, 3.05) is 13.1 Å². The summed E-state index contributed by atoms with van der Waals surface area (Å²) in [6.07, 6.45) is 3.60. The van der Waals surface area contributed by atoms with Crippen LogP contribution in [0.15, 0.2) is 35.2 Å². The first kappa shape index (κ1) is 22.9. The molecule has 3 aromatic rings. The van der Waals surface area contributed by atoms with Gasteiger partial charge in [-0.3, -0.25) is 4.79 Å². The van der Waals surface area contributed by atoms with Crippen molar-refractivity contribution < 1.29 is 13.2 Å². The van der Waals surface area contributed by atoms with Crippen LogP contribution in [0.1, 0.15) is 48.2 Å². The number of aromatic nitrogens is 2. The number of nitrogens with one attached hydrogen (secondary N) is 1. The van der Waals surface area contributed by atoms with Gasteiger partial charge >= 0.3 is 0 Å². The Morgan fingerprint density at radius 2 is 1.97 bits per heavy atom. The second-order valence-corrected chi connectivity index (χ2v) is 11.5. The minimum Gasteiger partial charge on any atom is -0.351 e. The zero-order valence-electron chi connectivity index (χ0n) is 18.6. The quantitative estimate of drug-likeness (QED) is 0.511. The average Bonchev–Trinajstić information content (AvgIpc) is 3.51. The van der Waals surface area contributed by atoms with Gasteiger partial charge in [0, 0.05) is 42.2 Å². The average molecular weight is 475 g/mol. The van der Waals surface area contributed by atoms with Crippen molar-refractivity contribution >= 4 is 38.3 Å². The Bertz CT molecular complexity index is 1210. The molecule has 9 heteroatoms. The lowest BCUT2D eigenvalue weighted by molar-refractivity contribution is -0.121. The Balaban J connectivity index is 1.50. The first-order valence-electron chi connectivity index (χ1n) is 11.2. The monoisotopic (exact) mass is 474 g/mol. The van der Waals surface area contributed by atoms with Gasteiger partial charge in [-0.1, -0.05) is 6.92 Å². The van der Waals surface area contributed by atoms with Gasteiger partial charge in [0.05, 0.1) is 22.5 Å². The molecule has 1 aromatic carbocycles. The standard InChI is InChI=1S/C23H30N4O3S2/c1-3-12-27-21-9-8-19(32(29,30)26-13-4-5-14-26)15-20(21)25-22(27)10-11-23(28)24-16-18-7-6-17(2)31-18/h6-9,15H,3-5,10-14,16H2,1-2H3,(H,24,28). The summed E-state index contributed by atoms with van der Waals surface area (Å²) in [4.78, 5) is 19.8. The highest BCUT2D eigenvalue weighted by atomic mass is 32.2. The van der Waals surface area contributed by atoms with Gasteiger partial charge in [-0.15, -0.1) is 11.3 Å². The summed E-state index contributed by atoms with van der Waals surface area (Å²) in [6, 6.07) is 9.30. The van der Waals surface area contributed by atoms with Crippen LogP contribution in [0.5, 0.6) is 0 Å². The van der Waals surface area contributed by atoms with Crippen LogP contribution in [0.25, 0.3) is 11.0 Å². The minimum absolute atomic E-state index is 0.0107. The predicted octanol–water partition coefficient (Wildman–Crippen LogP) is 3.85. The van der Waals surface area contributed by atoms with E-state index in [4.69, 9.17) is 4.98 Å². The van der Waals surface area contributed by atoms with Gasteiger partial charge in [-0.25, -0.2) is 13.4 Å². The molecule has 1 fully saturated rings. The van der Waals surface area contributed by atoms with Gasteiger partial charge in [0.1, 0.15) is 5.82 Å².